The molecule has 1 aliphatic rings. The Kier molecular flexibility index (Phi) is 4.94. The largest absolute Gasteiger partial charge is 0.484 e. The van der Waals surface area contributed by atoms with E-state index in [-0.39, 0.29) is 18.4 Å². The lowest BCUT2D eigenvalue weighted by molar-refractivity contribution is -0.119. The van der Waals surface area contributed by atoms with E-state index in [9.17, 15) is 9.59 Å². The maximum atomic E-state index is 13.1. The zero-order chi connectivity index (χ0) is 19.7. The van der Waals surface area contributed by atoms with Gasteiger partial charge in [-0.1, -0.05) is 35.3 Å². The van der Waals surface area contributed by atoms with Gasteiger partial charge in [-0.25, -0.2) is 0 Å². The highest BCUT2D eigenvalue weighted by atomic mass is 35.5. The monoisotopic (exact) mass is 412 g/mol. The number of hydrogen-bond acceptors (Lipinski definition) is 3. The van der Waals surface area contributed by atoms with Crippen LogP contribution in [0.15, 0.2) is 66.7 Å². The first-order valence-electron chi connectivity index (χ1n) is 8.44. The molecule has 140 valence electrons. The third kappa shape index (κ3) is 3.54. The minimum Gasteiger partial charge on any atom is -0.484 e. The molecule has 0 aliphatic carbocycles. The quantitative estimate of drug-likeness (QED) is 0.634. The second-order valence-corrected chi connectivity index (χ2v) is 6.98. The van der Waals surface area contributed by atoms with E-state index in [0.717, 1.165) is 0 Å². The maximum absolute atomic E-state index is 13.1. The Hall–Kier alpha value is -3.02. The van der Waals surface area contributed by atoms with Gasteiger partial charge in [-0.15, -0.1) is 0 Å². The Bertz CT molecular complexity index is 1070. The molecule has 5 nitrogen and oxygen atoms in total. The number of anilines is 3. The summed E-state index contributed by atoms with van der Waals surface area (Å²) in [5, 5.41) is 3.84. The van der Waals surface area contributed by atoms with Crippen molar-refractivity contribution >= 4 is 52.1 Å². The molecule has 1 heterocycles. The van der Waals surface area contributed by atoms with E-state index in [0.29, 0.717) is 38.4 Å². The highest BCUT2D eigenvalue weighted by molar-refractivity contribution is 6.31. The van der Waals surface area contributed by atoms with Crippen LogP contribution < -0.4 is 15.0 Å². The molecule has 0 fully saturated rings. The van der Waals surface area contributed by atoms with E-state index in [1.807, 2.05) is 0 Å². The van der Waals surface area contributed by atoms with E-state index in [2.05, 4.69) is 5.32 Å². The van der Waals surface area contributed by atoms with Crippen molar-refractivity contribution in [1.82, 2.24) is 0 Å². The van der Waals surface area contributed by atoms with Crippen LogP contribution in [0.2, 0.25) is 10.0 Å². The fourth-order valence-electron chi connectivity index (χ4n) is 2.99. The Morgan fingerprint density at radius 3 is 2.43 bits per heavy atom. The Morgan fingerprint density at radius 1 is 0.929 bits per heavy atom. The number of fused-ring (bicyclic) bond motifs is 2. The van der Waals surface area contributed by atoms with Crippen LogP contribution in [-0.4, -0.2) is 18.4 Å². The number of nitrogens with one attached hydrogen (secondary N) is 1. The van der Waals surface area contributed by atoms with Crippen LogP contribution in [0.3, 0.4) is 0 Å². The molecule has 0 radical (unpaired) electrons. The molecule has 28 heavy (non-hydrogen) atoms. The van der Waals surface area contributed by atoms with Crippen LogP contribution in [0, 0.1) is 0 Å². The fourth-order valence-corrected chi connectivity index (χ4v) is 3.29. The molecule has 0 unspecified atom stereocenters. The summed E-state index contributed by atoms with van der Waals surface area (Å²) in [7, 11) is 0. The zero-order valence-electron chi connectivity index (χ0n) is 14.5. The number of nitrogens with zero attached hydrogens (tertiary/aromatic N) is 1. The van der Waals surface area contributed by atoms with Gasteiger partial charge in [-0.2, -0.15) is 0 Å². The lowest BCUT2D eigenvalue weighted by Crippen LogP contribution is -2.31. The molecule has 4 rings (SSSR count). The molecule has 0 aromatic heterocycles. The minimum absolute atomic E-state index is 0.216. The minimum atomic E-state index is -0.331. The predicted octanol–water partition coefficient (Wildman–Crippen LogP) is 5.30. The van der Waals surface area contributed by atoms with Gasteiger partial charge in [0, 0.05) is 10.0 Å². The predicted molar refractivity (Wildman–Crippen MR) is 110 cm³/mol. The molecule has 0 saturated carbocycles. The molecule has 3 aromatic rings. The summed E-state index contributed by atoms with van der Waals surface area (Å²) < 4.78 is 5.62. The number of halogens is 2. The Labute approximate surface area is 171 Å². The normalized spacial score (nSPS) is 12.5. The van der Waals surface area contributed by atoms with E-state index in [4.69, 9.17) is 27.9 Å². The van der Waals surface area contributed by atoms with Gasteiger partial charge in [0.25, 0.3) is 11.8 Å². The number of hydrogen-bond donors (Lipinski definition) is 1. The number of rotatable bonds is 3. The second kappa shape index (κ2) is 7.54. The number of para-hydroxylation sites is 1. The van der Waals surface area contributed by atoms with Crippen LogP contribution in [-0.2, 0) is 4.79 Å². The molecular weight excluding hydrogens is 399 g/mol. The first kappa shape index (κ1) is 18.3. The van der Waals surface area contributed by atoms with Crippen LogP contribution in [0.4, 0.5) is 17.1 Å². The molecule has 0 saturated heterocycles. The Balaban J connectivity index is 1.72. The van der Waals surface area contributed by atoms with Crippen molar-refractivity contribution in [2.45, 2.75) is 0 Å². The third-order valence-electron chi connectivity index (χ3n) is 4.26. The van der Waals surface area contributed by atoms with Crippen LogP contribution >= 0.6 is 23.2 Å². The number of ether oxygens (including phenoxy) is 1. The van der Waals surface area contributed by atoms with Crippen molar-refractivity contribution in [2.75, 3.05) is 16.8 Å². The lowest BCUT2D eigenvalue weighted by atomic mass is 10.1. The van der Waals surface area contributed by atoms with Crippen LogP contribution in [0.1, 0.15) is 10.4 Å². The summed E-state index contributed by atoms with van der Waals surface area (Å²) in [4.78, 5) is 27.2. The number of carbonyl (C=O) groups excluding carboxylic acids is 2. The summed E-state index contributed by atoms with van der Waals surface area (Å²) in [5.74, 6) is -0.123. The highest BCUT2D eigenvalue weighted by Gasteiger charge is 2.29. The van der Waals surface area contributed by atoms with Crippen molar-refractivity contribution in [3.8, 4) is 5.75 Å². The van der Waals surface area contributed by atoms with Crippen molar-refractivity contribution in [3.05, 3.63) is 82.3 Å². The zero-order valence-corrected chi connectivity index (χ0v) is 16.0. The van der Waals surface area contributed by atoms with Crippen molar-refractivity contribution in [1.29, 1.82) is 0 Å². The highest BCUT2D eigenvalue weighted by Crippen LogP contribution is 2.39. The van der Waals surface area contributed by atoms with E-state index < -0.39 is 0 Å². The lowest BCUT2D eigenvalue weighted by Gasteiger charge is -2.24. The molecule has 0 bridgehead atoms. The smallest absolute Gasteiger partial charge is 0.269 e. The van der Waals surface area contributed by atoms with Crippen molar-refractivity contribution < 1.29 is 14.3 Å². The number of carbonyl (C=O) groups is 2. The van der Waals surface area contributed by atoms with E-state index in [1.54, 1.807) is 66.7 Å². The van der Waals surface area contributed by atoms with E-state index in [1.165, 1.54) is 4.90 Å². The molecule has 3 aromatic carbocycles. The van der Waals surface area contributed by atoms with Gasteiger partial charge >= 0.3 is 0 Å². The Morgan fingerprint density at radius 2 is 1.64 bits per heavy atom. The first-order valence-corrected chi connectivity index (χ1v) is 9.20. The summed E-state index contributed by atoms with van der Waals surface area (Å²) >= 11 is 12.0. The van der Waals surface area contributed by atoms with E-state index >= 15 is 0 Å². The average Bonchev–Trinajstić information content (AvgIpc) is 2.81. The molecule has 0 spiro atoms. The van der Waals surface area contributed by atoms with Gasteiger partial charge in [0.1, 0.15) is 5.75 Å². The molecule has 2 amide bonds. The summed E-state index contributed by atoms with van der Waals surface area (Å²) in [6, 6.07) is 18.6. The van der Waals surface area contributed by atoms with Gasteiger partial charge in [0.15, 0.2) is 6.61 Å². The SMILES string of the molecule is O=C1Nc2cc(Cl)ccc2N(C(=O)COc2ccc(Cl)cc2)c2ccccc21. The summed E-state index contributed by atoms with van der Waals surface area (Å²) in [5.41, 5.74) is 1.83. The van der Waals surface area contributed by atoms with Gasteiger partial charge in [0.2, 0.25) is 0 Å². The molecular formula is C21H14Cl2N2O3. The van der Waals surface area contributed by atoms with Gasteiger partial charge in [0.05, 0.1) is 22.6 Å². The second-order valence-electron chi connectivity index (χ2n) is 6.10. The van der Waals surface area contributed by atoms with Crippen LogP contribution in [0.5, 0.6) is 5.75 Å². The average molecular weight is 413 g/mol. The van der Waals surface area contributed by atoms with Gasteiger partial charge in [-0.05, 0) is 54.6 Å². The molecule has 7 heteroatoms. The van der Waals surface area contributed by atoms with Gasteiger partial charge < -0.3 is 10.1 Å². The number of benzene rings is 3. The number of amides is 2. The van der Waals surface area contributed by atoms with Crippen molar-refractivity contribution in [2.24, 2.45) is 0 Å². The van der Waals surface area contributed by atoms with Gasteiger partial charge in [-0.3, -0.25) is 14.5 Å². The summed E-state index contributed by atoms with van der Waals surface area (Å²) in [6.07, 6.45) is 0. The molecule has 1 N–H and O–H groups in total. The van der Waals surface area contributed by atoms with Crippen molar-refractivity contribution in [3.63, 3.8) is 0 Å². The topological polar surface area (TPSA) is 58.6 Å². The third-order valence-corrected chi connectivity index (χ3v) is 4.75. The van der Waals surface area contributed by atoms with Crippen LogP contribution in [0.25, 0.3) is 0 Å². The summed E-state index contributed by atoms with van der Waals surface area (Å²) in [6.45, 7) is -0.216. The first-order chi connectivity index (χ1) is 13.5. The maximum Gasteiger partial charge on any atom is 0.269 e. The fraction of sp³-hybridized carbons (Fsp3) is 0.0476. The molecule has 1 aliphatic heterocycles. The standard InChI is InChI=1S/C21H14Cl2N2O3/c22-13-5-8-15(9-6-13)28-12-20(26)25-18-4-2-1-3-16(18)21(27)24-17-11-14(23)7-10-19(17)25/h1-11H,12H2,(H,24,27). The molecule has 0 atom stereocenters.